The lowest BCUT2D eigenvalue weighted by molar-refractivity contribution is 0.128. The Morgan fingerprint density at radius 2 is 1.80 bits per heavy atom. The van der Waals surface area contributed by atoms with Gasteiger partial charge >= 0.3 is 6.03 Å². The highest BCUT2D eigenvalue weighted by molar-refractivity contribution is 5.75. The minimum atomic E-state index is 0.211. The van der Waals surface area contributed by atoms with E-state index in [-0.39, 0.29) is 6.03 Å². The van der Waals surface area contributed by atoms with Crippen LogP contribution in [-0.2, 0) is 0 Å². The van der Waals surface area contributed by atoms with Crippen molar-refractivity contribution in [2.24, 2.45) is 10.8 Å². The third-order valence-electron chi connectivity index (χ3n) is 5.61. The molecule has 3 heteroatoms. The van der Waals surface area contributed by atoms with Crippen molar-refractivity contribution in [3.8, 4) is 0 Å². The van der Waals surface area contributed by atoms with E-state index in [1.165, 1.54) is 51.4 Å². The molecule has 114 valence electrons. The normalized spacial score (nSPS) is 37.0. The number of hydrogen-bond acceptors (Lipinski definition) is 1. The lowest BCUT2D eigenvalue weighted by atomic mass is 9.65. The van der Waals surface area contributed by atoms with Crippen molar-refractivity contribution >= 4 is 6.03 Å². The van der Waals surface area contributed by atoms with Gasteiger partial charge in [-0.05, 0) is 42.9 Å². The van der Waals surface area contributed by atoms with Crippen molar-refractivity contribution in [1.29, 1.82) is 0 Å². The largest absolute Gasteiger partial charge is 0.335 e. The molecule has 0 aromatic carbocycles. The summed E-state index contributed by atoms with van der Waals surface area (Å²) in [6.45, 7) is 8.05. The Hall–Kier alpha value is -0.730. The molecule has 2 atom stereocenters. The van der Waals surface area contributed by atoms with Gasteiger partial charge in [0.15, 0.2) is 0 Å². The molecule has 3 nitrogen and oxygen atoms in total. The first kappa shape index (κ1) is 14.2. The van der Waals surface area contributed by atoms with Gasteiger partial charge < -0.3 is 10.2 Å². The summed E-state index contributed by atoms with van der Waals surface area (Å²) >= 11 is 0. The maximum atomic E-state index is 12.6. The number of fused-ring (bicyclic) bond motifs is 2. The van der Waals surface area contributed by atoms with E-state index < -0.39 is 0 Å². The lowest BCUT2D eigenvalue weighted by Gasteiger charge is -2.39. The van der Waals surface area contributed by atoms with Gasteiger partial charge in [0, 0.05) is 18.6 Å². The standard InChI is InChI=1S/C17H30N2O/c1-16(2)9-14-10-17(3,11-16)12-19(14)15(20)18-13-7-5-4-6-8-13/h13-14H,4-12H2,1-3H3,(H,18,20)/t14-,17+/m1/s1. The summed E-state index contributed by atoms with van der Waals surface area (Å²) in [5.74, 6) is 0. The number of urea groups is 1. The molecule has 3 aliphatic rings. The second kappa shape index (κ2) is 4.92. The molecule has 0 radical (unpaired) electrons. The van der Waals surface area contributed by atoms with Gasteiger partial charge in [-0.2, -0.15) is 0 Å². The number of carbonyl (C=O) groups excluding carboxylic acids is 1. The predicted molar refractivity (Wildman–Crippen MR) is 81.6 cm³/mol. The molecule has 0 unspecified atom stereocenters. The molecule has 2 bridgehead atoms. The predicted octanol–water partition coefficient (Wildman–Crippen LogP) is 3.93. The first-order valence-electron chi connectivity index (χ1n) is 8.44. The highest BCUT2D eigenvalue weighted by Gasteiger charge is 2.51. The van der Waals surface area contributed by atoms with Crippen LogP contribution in [0, 0.1) is 10.8 Å². The molecule has 0 spiro atoms. The SMILES string of the molecule is CC1(C)C[C@@H]2C[C@](C)(CN2C(=O)NC2CCCCC2)C1. The van der Waals surface area contributed by atoms with E-state index in [4.69, 9.17) is 0 Å². The Morgan fingerprint density at radius 1 is 1.10 bits per heavy atom. The highest BCUT2D eigenvalue weighted by atomic mass is 16.2. The van der Waals surface area contributed by atoms with Crippen LogP contribution in [0.25, 0.3) is 0 Å². The molecule has 3 rings (SSSR count). The summed E-state index contributed by atoms with van der Waals surface area (Å²) in [6.07, 6.45) is 9.86. The Kier molecular flexibility index (Phi) is 3.50. The average molecular weight is 278 g/mol. The molecule has 0 aromatic heterocycles. The van der Waals surface area contributed by atoms with Gasteiger partial charge in [-0.1, -0.05) is 40.0 Å². The summed E-state index contributed by atoms with van der Waals surface area (Å²) in [5, 5.41) is 3.30. The summed E-state index contributed by atoms with van der Waals surface area (Å²) < 4.78 is 0. The number of nitrogens with one attached hydrogen (secondary N) is 1. The summed E-state index contributed by atoms with van der Waals surface area (Å²) in [6, 6.07) is 1.10. The van der Waals surface area contributed by atoms with E-state index in [1.807, 2.05) is 0 Å². The van der Waals surface area contributed by atoms with Crippen LogP contribution in [0.4, 0.5) is 4.79 Å². The molecule has 2 amide bonds. The number of amides is 2. The van der Waals surface area contributed by atoms with Gasteiger partial charge in [0.2, 0.25) is 0 Å². The van der Waals surface area contributed by atoms with E-state index in [2.05, 4.69) is 31.0 Å². The summed E-state index contributed by atoms with van der Waals surface area (Å²) in [7, 11) is 0. The van der Waals surface area contributed by atoms with Gasteiger partial charge in [-0.25, -0.2) is 4.79 Å². The van der Waals surface area contributed by atoms with Gasteiger partial charge in [0.05, 0.1) is 0 Å². The maximum absolute atomic E-state index is 12.6. The molecule has 2 aliphatic carbocycles. The molecule has 1 N–H and O–H groups in total. The Balaban J connectivity index is 1.64. The molecule has 1 heterocycles. The monoisotopic (exact) mass is 278 g/mol. The molecule has 1 saturated heterocycles. The van der Waals surface area contributed by atoms with Crippen LogP contribution in [0.5, 0.6) is 0 Å². The summed E-state index contributed by atoms with van der Waals surface area (Å²) in [5.41, 5.74) is 0.730. The smallest absolute Gasteiger partial charge is 0.317 e. The molecule has 1 aliphatic heterocycles. The van der Waals surface area contributed by atoms with Crippen LogP contribution in [0.3, 0.4) is 0 Å². The fraction of sp³-hybridized carbons (Fsp3) is 0.941. The zero-order valence-electron chi connectivity index (χ0n) is 13.4. The van der Waals surface area contributed by atoms with Crippen molar-refractivity contribution in [3.05, 3.63) is 0 Å². The molecular weight excluding hydrogens is 248 g/mol. The van der Waals surface area contributed by atoms with Crippen LogP contribution in [-0.4, -0.2) is 29.6 Å². The van der Waals surface area contributed by atoms with Crippen LogP contribution >= 0.6 is 0 Å². The van der Waals surface area contributed by atoms with Crippen molar-refractivity contribution < 1.29 is 4.79 Å². The van der Waals surface area contributed by atoms with Crippen LogP contribution in [0.15, 0.2) is 0 Å². The number of rotatable bonds is 1. The second-order valence-electron chi connectivity index (χ2n) is 8.63. The topological polar surface area (TPSA) is 32.3 Å². The van der Waals surface area contributed by atoms with Crippen LogP contribution < -0.4 is 5.32 Å². The van der Waals surface area contributed by atoms with Crippen molar-refractivity contribution in [2.75, 3.05) is 6.54 Å². The fourth-order valence-electron chi connectivity index (χ4n) is 5.20. The van der Waals surface area contributed by atoms with Gasteiger partial charge in [-0.3, -0.25) is 0 Å². The molecule has 0 aromatic rings. The number of hydrogen-bond donors (Lipinski definition) is 1. The van der Waals surface area contributed by atoms with Gasteiger partial charge in [0.1, 0.15) is 0 Å². The third-order valence-corrected chi connectivity index (χ3v) is 5.61. The molecule has 2 saturated carbocycles. The molecular formula is C17H30N2O. The van der Waals surface area contributed by atoms with Gasteiger partial charge in [0.25, 0.3) is 0 Å². The van der Waals surface area contributed by atoms with Crippen LogP contribution in [0.1, 0.15) is 72.1 Å². The van der Waals surface area contributed by atoms with Crippen molar-refractivity contribution in [3.63, 3.8) is 0 Å². The quantitative estimate of drug-likeness (QED) is 0.774. The first-order chi connectivity index (χ1) is 9.37. The molecule has 3 fully saturated rings. The number of nitrogens with zero attached hydrogens (tertiary/aromatic N) is 1. The van der Waals surface area contributed by atoms with Crippen LogP contribution in [0.2, 0.25) is 0 Å². The minimum absolute atomic E-state index is 0.211. The van der Waals surface area contributed by atoms with Crippen molar-refractivity contribution in [1.82, 2.24) is 10.2 Å². The second-order valence-corrected chi connectivity index (χ2v) is 8.63. The fourth-order valence-corrected chi connectivity index (χ4v) is 5.20. The zero-order valence-corrected chi connectivity index (χ0v) is 13.4. The Morgan fingerprint density at radius 3 is 2.50 bits per heavy atom. The van der Waals surface area contributed by atoms with E-state index in [0.717, 1.165) is 6.54 Å². The highest BCUT2D eigenvalue weighted by Crippen LogP contribution is 2.52. The average Bonchev–Trinajstić information content (AvgIpc) is 2.60. The lowest BCUT2D eigenvalue weighted by Crippen LogP contribution is -2.47. The van der Waals surface area contributed by atoms with E-state index in [9.17, 15) is 4.79 Å². The maximum Gasteiger partial charge on any atom is 0.317 e. The van der Waals surface area contributed by atoms with Crippen molar-refractivity contribution in [2.45, 2.75) is 84.2 Å². The first-order valence-corrected chi connectivity index (χ1v) is 8.44. The Labute approximate surface area is 123 Å². The Bertz CT molecular complexity index is 386. The summed E-state index contributed by atoms with van der Waals surface area (Å²) in [4.78, 5) is 14.8. The minimum Gasteiger partial charge on any atom is -0.335 e. The number of likely N-dealkylation sites (tertiary alicyclic amines) is 1. The van der Waals surface area contributed by atoms with E-state index in [0.29, 0.717) is 22.9 Å². The van der Waals surface area contributed by atoms with E-state index in [1.54, 1.807) is 0 Å². The third kappa shape index (κ3) is 2.82. The zero-order chi connectivity index (χ0) is 14.4. The van der Waals surface area contributed by atoms with E-state index >= 15 is 0 Å². The number of carbonyl (C=O) groups is 1. The van der Waals surface area contributed by atoms with Gasteiger partial charge in [-0.15, -0.1) is 0 Å². The molecule has 20 heavy (non-hydrogen) atoms.